The van der Waals surface area contributed by atoms with Crippen molar-refractivity contribution in [2.45, 2.75) is 6.92 Å². The lowest BCUT2D eigenvalue weighted by atomic mass is 9.80. The number of halogens is 1. The average molecular weight is 262 g/mol. The van der Waals surface area contributed by atoms with Gasteiger partial charge < -0.3 is 10.0 Å². The van der Waals surface area contributed by atoms with Gasteiger partial charge in [-0.1, -0.05) is 12.1 Å². The van der Waals surface area contributed by atoms with Gasteiger partial charge in [-0.05, 0) is 46.6 Å². The Kier molecular flexibility index (Phi) is 2.92. The Bertz CT molecular complexity index is 263. The number of rotatable bonds is 1. The molecular weight excluding hydrogens is 254 g/mol. The van der Waals surface area contributed by atoms with E-state index in [4.69, 9.17) is 10.0 Å². The van der Waals surface area contributed by atoms with Crippen molar-refractivity contribution in [2.24, 2.45) is 0 Å². The molecule has 58 valence electrons. The molecule has 0 saturated carbocycles. The van der Waals surface area contributed by atoms with E-state index in [0.29, 0.717) is 5.46 Å². The molecule has 0 spiro atoms. The summed E-state index contributed by atoms with van der Waals surface area (Å²) >= 11 is 2.20. The van der Waals surface area contributed by atoms with E-state index in [1.54, 1.807) is 12.1 Å². The molecule has 0 aromatic heterocycles. The molecule has 0 amide bonds. The fourth-order valence-electron chi connectivity index (χ4n) is 0.828. The van der Waals surface area contributed by atoms with E-state index in [-0.39, 0.29) is 0 Å². The van der Waals surface area contributed by atoms with Crippen molar-refractivity contribution >= 4 is 35.2 Å². The predicted octanol–water partition coefficient (Wildman–Crippen LogP) is 0.279. The summed E-state index contributed by atoms with van der Waals surface area (Å²) < 4.78 is 1.13. The standard InChI is InChI=1S/C7H8BIO2/c1-5-4-6(8(10)11)2-3-7(5)9/h2-4,10-11H,1H3. The van der Waals surface area contributed by atoms with Crippen molar-refractivity contribution in [2.75, 3.05) is 0 Å². The van der Waals surface area contributed by atoms with Crippen LogP contribution in [0.5, 0.6) is 0 Å². The smallest absolute Gasteiger partial charge is 0.423 e. The molecule has 1 aromatic rings. The SMILES string of the molecule is Cc1cc(B(O)O)ccc1I. The number of benzene rings is 1. The van der Waals surface area contributed by atoms with Crippen LogP contribution in [0.3, 0.4) is 0 Å². The lowest BCUT2D eigenvalue weighted by molar-refractivity contribution is 0.425. The minimum Gasteiger partial charge on any atom is -0.423 e. The zero-order valence-corrected chi connectivity index (χ0v) is 8.24. The van der Waals surface area contributed by atoms with Crippen molar-refractivity contribution in [1.82, 2.24) is 0 Å². The van der Waals surface area contributed by atoms with Crippen molar-refractivity contribution in [3.8, 4) is 0 Å². The van der Waals surface area contributed by atoms with Crippen LogP contribution in [0.2, 0.25) is 0 Å². The maximum atomic E-state index is 8.79. The first-order chi connectivity index (χ1) is 5.11. The lowest BCUT2D eigenvalue weighted by Crippen LogP contribution is -2.29. The molecule has 0 aliphatic heterocycles. The van der Waals surface area contributed by atoms with Gasteiger partial charge in [-0.2, -0.15) is 0 Å². The molecule has 4 heteroatoms. The molecule has 0 bridgehead atoms. The van der Waals surface area contributed by atoms with Crippen LogP contribution in [0, 0.1) is 10.5 Å². The summed E-state index contributed by atoms with van der Waals surface area (Å²) in [4.78, 5) is 0. The number of hydrogen-bond donors (Lipinski definition) is 2. The Morgan fingerprint density at radius 2 is 2.00 bits per heavy atom. The summed E-state index contributed by atoms with van der Waals surface area (Å²) in [5, 5.41) is 17.6. The Balaban J connectivity index is 3.05. The van der Waals surface area contributed by atoms with Crippen LogP contribution in [0.4, 0.5) is 0 Å². The molecule has 11 heavy (non-hydrogen) atoms. The van der Waals surface area contributed by atoms with Gasteiger partial charge in [-0.25, -0.2) is 0 Å². The molecule has 0 heterocycles. The number of hydrogen-bond acceptors (Lipinski definition) is 2. The zero-order valence-electron chi connectivity index (χ0n) is 6.08. The molecule has 1 aromatic carbocycles. The third-order valence-electron chi connectivity index (χ3n) is 1.48. The Morgan fingerprint density at radius 3 is 2.45 bits per heavy atom. The lowest BCUT2D eigenvalue weighted by Gasteiger charge is -2.01. The van der Waals surface area contributed by atoms with E-state index >= 15 is 0 Å². The Hall–Kier alpha value is -0.0651. The summed E-state index contributed by atoms with van der Waals surface area (Å²) in [6, 6.07) is 5.34. The third kappa shape index (κ3) is 2.18. The molecule has 0 atom stereocenters. The Morgan fingerprint density at radius 1 is 1.36 bits per heavy atom. The van der Waals surface area contributed by atoms with Crippen molar-refractivity contribution in [3.05, 3.63) is 27.3 Å². The number of aryl methyl sites for hydroxylation is 1. The first kappa shape index (κ1) is 9.03. The fraction of sp³-hybridized carbons (Fsp3) is 0.143. The normalized spacial score (nSPS) is 9.82. The summed E-state index contributed by atoms with van der Waals surface area (Å²) in [5.74, 6) is 0. The van der Waals surface area contributed by atoms with Crippen LogP contribution in [0.15, 0.2) is 18.2 Å². The van der Waals surface area contributed by atoms with Crippen LogP contribution >= 0.6 is 22.6 Å². The van der Waals surface area contributed by atoms with Gasteiger partial charge in [0.25, 0.3) is 0 Å². The molecule has 2 N–H and O–H groups in total. The van der Waals surface area contributed by atoms with Gasteiger partial charge in [0.2, 0.25) is 0 Å². The van der Waals surface area contributed by atoms with Crippen LogP contribution in [-0.2, 0) is 0 Å². The second-order valence-electron chi connectivity index (χ2n) is 2.38. The van der Waals surface area contributed by atoms with E-state index in [9.17, 15) is 0 Å². The van der Waals surface area contributed by atoms with Crippen molar-refractivity contribution in [3.63, 3.8) is 0 Å². The first-order valence-corrected chi connectivity index (χ1v) is 4.31. The maximum Gasteiger partial charge on any atom is 0.488 e. The second-order valence-corrected chi connectivity index (χ2v) is 3.54. The topological polar surface area (TPSA) is 40.5 Å². The van der Waals surface area contributed by atoms with Gasteiger partial charge in [-0.15, -0.1) is 0 Å². The minimum atomic E-state index is -1.36. The van der Waals surface area contributed by atoms with Gasteiger partial charge in [0.05, 0.1) is 0 Å². The van der Waals surface area contributed by atoms with Gasteiger partial charge in [0.1, 0.15) is 0 Å². The van der Waals surface area contributed by atoms with Gasteiger partial charge in [0, 0.05) is 3.57 Å². The summed E-state index contributed by atoms with van der Waals surface area (Å²) in [7, 11) is -1.36. The monoisotopic (exact) mass is 262 g/mol. The van der Waals surface area contributed by atoms with E-state index in [0.717, 1.165) is 9.13 Å². The predicted molar refractivity (Wildman–Crippen MR) is 53.7 cm³/mol. The zero-order chi connectivity index (χ0) is 8.43. The molecule has 0 unspecified atom stereocenters. The highest BCUT2D eigenvalue weighted by Crippen LogP contribution is 2.07. The van der Waals surface area contributed by atoms with Gasteiger partial charge >= 0.3 is 7.12 Å². The summed E-state index contributed by atoms with van der Waals surface area (Å²) in [6.07, 6.45) is 0. The van der Waals surface area contributed by atoms with E-state index in [1.807, 2.05) is 13.0 Å². The summed E-state index contributed by atoms with van der Waals surface area (Å²) in [6.45, 7) is 1.94. The molecule has 0 aliphatic carbocycles. The maximum absolute atomic E-state index is 8.79. The summed E-state index contributed by atoms with van der Waals surface area (Å²) in [5.41, 5.74) is 1.61. The second kappa shape index (κ2) is 3.56. The molecule has 0 saturated heterocycles. The van der Waals surface area contributed by atoms with E-state index in [1.165, 1.54) is 0 Å². The quantitative estimate of drug-likeness (QED) is 0.563. The van der Waals surface area contributed by atoms with Crippen LogP contribution in [-0.4, -0.2) is 17.2 Å². The molecule has 0 radical (unpaired) electrons. The fourth-order valence-corrected chi connectivity index (χ4v) is 1.16. The van der Waals surface area contributed by atoms with Crippen LogP contribution in [0.1, 0.15) is 5.56 Å². The van der Waals surface area contributed by atoms with Crippen molar-refractivity contribution < 1.29 is 10.0 Å². The van der Waals surface area contributed by atoms with Crippen LogP contribution < -0.4 is 5.46 Å². The highest BCUT2D eigenvalue weighted by atomic mass is 127. The average Bonchev–Trinajstić information content (AvgIpc) is 1.94. The van der Waals surface area contributed by atoms with E-state index in [2.05, 4.69) is 22.6 Å². The molecule has 1 rings (SSSR count). The van der Waals surface area contributed by atoms with Gasteiger partial charge in [-0.3, -0.25) is 0 Å². The molecular formula is C7H8BIO2. The highest BCUT2D eigenvalue weighted by molar-refractivity contribution is 14.1. The molecule has 0 aliphatic rings. The first-order valence-electron chi connectivity index (χ1n) is 3.23. The van der Waals surface area contributed by atoms with Crippen molar-refractivity contribution in [1.29, 1.82) is 0 Å². The highest BCUT2D eigenvalue weighted by Gasteiger charge is 2.10. The van der Waals surface area contributed by atoms with Crippen LogP contribution in [0.25, 0.3) is 0 Å². The largest absolute Gasteiger partial charge is 0.488 e. The van der Waals surface area contributed by atoms with E-state index < -0.39 is 7.12 Å². The third-order valence-corrected chi connectivity index (χ3v) is 2.69. The molecule has 0 fully saturated rings. The Labute approximate surface area is 79.5 Å². The van der Waals surface area contributed by atoms with Gasteiger partial charge in [0.15, 0.2) is 0 Å². The minimum absolute atomic E-state index is 0.544. The molecule has 2 nitrogen and oxygen atoms in total.